The number of carbonyl (C=O) groups excluding carboxylic acids is 1. The van der Waals surface area contributed by atoms with Gasteiger partial charge in [0, 0.05) is 5.92 Å². The number of aromatic nitrogens is 2. The highest BCUT2D eigenvalue weighted by atomic mass is 79.9. The first-order valence-corrected chi connectivity index (χ1v) is 5.76. The van der Waals surface area contributed by atoms with Gasteiger partial charge in [-0.3, -0.25) is 4.79 Å². The van der Waals surface area contributed by atoms with Gasteiger partial charge in [-0.15, -0.1) is 0 Å². The fourth-order valence-corrected chi connectivity index (χ4v) is 2.00. The average molecular weight is 286 g/mol. The molecule has 2 N–H and O–H groups in total. The molecule has 0 aromatic carbocycles. The van der Waals surface area contributed by atoms with Crippen molar-refractivity contribution in [2.45, 2.75) is 25.4 Å². The molecule has 2 rings (SSSR count). The zero-order valence-electron chi connectivity index (χ0n) is 8.77. The van der Waals surface area contributed by atoms with Crippen LogP contribution in [0.3, 0.4) is 0 Å². The van der Waals surface area contributed by atoms with Crippen LogP contribution in [0.25, 0.3) is 0 Å². The van der Waals surface area contributed by atoms with E-state index < -0.39 is 5.60 Å². The Morgan fingerprint density at radius 3 is 2.75 bits per heavy atom. The molecule has 5 nitrogen and oxygen atoms in total. The summed E-state index contributed by atoms with van der Waals surface area (Å²) in [6, 6.07) is 0. The fourth-order valence-electron chi connectivity index (χ4n) is 1.79. The van der Waals surface area contributed by atoms with E-state index in [2.05, 4.69) is 31.2 Å². The quantitative estimate of drug-likeness (QED) is 0.860. The van der Waals surface area contributed by atoms with Crippen LogP contribution in [0.2, 0.25) is 0 Å². The molecule has 1 fully saturated rings. The lowest BCUT2D eigenvalue weighted by Crippen LogP contribution is -2.46. The number of amides is 1. The molecule has 1 aromatic rings. The van der Waals surface area contributed by atoms with Gasteiger partial charge in [0.15, 0.2) is 5.82 Å². The van der Waals surface area contributed by atoms with E-state index in [1.54, 1.807) is 6.92 Å². The largest absolute Gasteiger partial charge is 0.390 e. The third-order valence-electron chi connectivity index (χ3n) is 2.61. The van der Waals surface area contributed by atoms with Crippen molar-refractivity contribution in [3.05, 3.63) is 17.0 Å². The molecular formula is C10H12BrN3O2. The second kappa shape index (κ2) is 4.10. The number of halogens is 1. The summed E-state index contributed by atoms with van der Waals surface area (Å²) in [5.74, 6) is 0.198. The van der Waals surface area contributed by atoms with Gasteiger partial charge in [0.05, 0.1) is 18.0 Å². The zero-order valence-corrected chi connectivity index (χ0v) is 10.4. The molecule has 0 aliphatic heterocycles. The van der Waals surface area contributed by atoms with Crippen molar-refractivity contribution in [3.63, 3.8) is 0 Å². The van der Waals surface area contributed by atoms with E-state index in [-0.39, 0.29) is 11.8 Å². The predicted molar refractivity (Wildman–Crippen MR) is 61.7 cm³/mol. The van der Waals surface area contributed by atoms with E-state index in [0.717, 1.165) is 0 Å². The van der Waals surface area contributed by atoms with Gasteiger partial charge in [-0.25, -0.2) is 9.97 Å². The lowest BCUT2D eigenvalue weighted by molar-refractivity contribution is -0.133. The van der Waals surface area contributed by atoms with Crippen LogP contribution in [0, 0.1) is 5.92 Å². The first kappa shape index (κ1) is 11.5. The summed E-state index contributed by atoms with van der Waals surface area (Å²) < 4.78 is 0.622. The molecule has 0 atom stereocenters. The number of hydrogen-bond acceptors (Lipinski definition) is 4. The van der Waals surface area contributed by atoms with Crippen LogP contribution < -0.4 is 5.32 Å². The minimum absolute atomic E-state index is 0.108. The molecule has 0 unspecified atom stereocenters. The van der Waals surface area contributed by atoms with Crippen LogP contribution in [-0.4, -0.2) is 26.6 Å². The standard InChI is InChI=1S/C10H12BrN3O2/c1-10(16)2-6(3-10)9(15)14-8-5-12-7(11)4-13-8/h4-6,16H,2-3H2,1H3,(H,13,14,15). The van der Waals surface area contributed by atoms with E-state index in [0.29, 0.717) is 23.3 Å². The summed E-state index contributed by atoms with van der Waals surface area (Å²) in [6.07, 6.45) is 4.01. The van der Waals surface area contributed by atoms with E-state index in [1.165, 1.54) is 12.4 Å². The smallest absolute Gasteiger partial charge is 0.228 e. The summed E-state index contributed by atoms with van der Waals surface area (Å²) in [6.45, 7) is 1.73. The first-order chi connectivity index (χ1) is 7.46. The maximum absolute atomic E-state index is 11.7. The molecular weight excluding hydrogens is 274 g/mol. The molecule has 6 heteroatoms. The van der Waals surface area contributed by atoms with Gasteiger partial charge in [0.25, 0.3) is 0 Å². The molecule has 1 saturated carbocycles. The van der Waals surface area contributed by atoms with Crippen molar-refractivity contribution in [3.8, 4) is 0 Å². The monoisotopic (exact) mass is 285 g/mol. The Balaban J connectivity index is 1.91. The summed E-state index contributed by atoms with van der Waals surface area (Å²) >= 11 is 3.16. The number of rotatable bonds is 2. The fraction of sp³-hybridized carbons (Fsp3) is 0.500. The zero-order chi connectivity index (χ0) is 11.8. The normalized spacial score (nSPS) is 28.3. The maximum Gasteiger partial charge on any atom is 0.228 e. The Morgan fingerprint density at radius 1 is 1.56 bits per heavy atom. The highest BCUT2D eigenvalue weighted by Gasteiger charge is 2.42. The number of nitrogens with zero attached hydrogens (tertiary/aromatic N) is 2. The summed E-state index contributed by atoms with van der Waals surface area (Å²) in [7, 11) is 0. The Bertz CT molecular complexity index is 397. The minimum atomic E-state index is -0.687. The summed E-state index contributed by atoms with van der Waals surface area (Å²) in [5.41, 5.74) is -0.687. The van der Waals surface area contributed by atoms with E-state index in [4.69, 9.17) is 0 Å². The van der Waals surface area contributed by atoms with Gasteiger partial charge in [0.1, 0.15) is 4.60 Å². The Labute approximate surface area is 101 Å². The van der Waals surface area contributed by atoms with Crippen LogP contribution in [0.15, 0.2) is 17.0 Å². The van der Waals surface area contributed by atoms with E-state index in [9.17, 15) is 9.90 Å². The molecule has 0 radical (unpaired) electrons. The highest BCUT2D eigenvalue weighted by molar-refractivity contribution is 9.10. The van der Waals surface area contributed by atoms with Crippen LogP contribution >= 0.6 is 15.9 Å². The van der Waals surface area contributed by atoms with Crippen LogP contribution in [0.4, 0.5) is 5.82 Å². The van der Waals surface area contributed by atoms with Gasteiger partial charge in [0.2, 0.25) is 5.91 Å². The predicted octanol–water partition coefficient (Wildman–Crippen LogP) is 1.34. The lowest BCUT2D eigenvalue weighted by atomic mass is 9.72. The number of aliphatic hydroxyl groups is 1. The number of nitrogens with one attached hydrogen (secondary N) is 1. The van der Waals surface area contributed by atoms with Crippen molar-refractivity contribution in [2.75, 3.05) is 5.32 Å². The summed E-state index contributed by atoms with van der Waals surface area (Å²) in [5, 5.41) is 12.2. The molecule has 16 heavy (non-hydrogen) atoms. The molecule has 1 aliphatic carbocycles. The van der Waals surface area contributed by atoms with Gasteiger partial charge in [-0.05, 0) is 35.7 Å². The van der Waals surface area contributed by atoms with E-state index >= 15 is 0 Å². The van der Waals surface area contributed by atoms with Crippen molar-refractivity contribution in [2.24, 2.45) is 5.92 Å². The van der Waals surface area contributed by atoms with Crippen LogP contribution in [0.1, 0.15) is 19.8 Å². The average Bonchev–Trinajstić information content (AvgIpc) is 2.18. The Morgan fingerprint density at radius 2 is 2.25 bits per heavy atom. The number of anilines is 1. The highest BCUT2D eigenvalue weighted by Crippen LogP contribution is 2.37. The summed E-state index contributed by atoms with van der Waals surface area (Å²) in [4.78, 5) is 19.6. The van der Waals surface area contributed by atoms with E-state index in [1.807, 2.05) is 0 Å². The lowest BCUT2D eigenvalue weighted by Gasteiger charge is -2.39. The maximum atomic E-state index is 11.7. The van der Waals surface area contributed by atoms with Gasteiger partial charge in [-0.1, -0.05) is 0 Å². The molecule has 0 spiro atoms. The second-order valence-corrected chi connectivity index (χ2v) is 5.13. The molecule has 1 aliphatic rings. The topological polar surface area (TPSA) is 75.1 Å². The van der Waals surface area contributed by atoms with Gasteiger partial charge < -0.3 is 10.4 Å². The Kier molecular flexibility index (Phi) is 2.94. The number of carbonyl (C=O) groups is 1. The van der Waals surface area contributed by atoms with Crippen molar-refractivity contribution >= 4 is 27.7 Å². The van der Waals surface area contributed by atoms with Gasteiger partial charge in [-0.2, -0.15) is 0 Å². The molecule has 1 aromatic heterocycles. The molecule has 86 valence electrons. The third kappa shape index (κ3) is 2.56. The van der Waals surface area contributed by atoms with Crippen molar-refractivity contribution < 1.29 is 9.90 Å². The Hall–Kier alpha value is -1.01. The molecule has 0 bridgehead atoms. The SMILES string of the molecule is CC1(O)CC(C(=O)Nc2cnc(Br)cn2)C1. The van der Waals surface area contributed by atoms with Crippen LogP contribution in [0.5, 0.6) is 0 Å². The second-order valence-electron chi connectivity index (χ2n) is 4.32. The van der Waals surface area contributed by atoms with Crippen molar-refractivity contribution in [1.29, 1.82) is 0 Å². The number of hydrogen-bond donors (Lipinski definition) is 2. The molecule has 0 saturated heterocycles. The van der Waals surface area contributed by atoms with Crippen molar-refractivity contribution in [1.82, 2.24) is 9.97 Å². The molecule has 1 amide bonds. The molecule has 1 heterocycles. The minimum Gasteiger partial charge on any atom is -0.390 e. The van der Waals surface area contributed by atoms with Gasteiger partial charge >= 0.3 is 0 Å². The van der Waals surface area contributed by atoms with Crippen LogP contribution in [-0.2, 0) is 4.79 Å². The third-order valence-corrected chi connectivity index (χ3v) is 3.02. The first-order valence-electron chi connectivity index (χ1n) is 4.97.